The number of nitrogens with zero attached hydrogens (tertiary/aromatic N) is 2. The number of nitro groups is 1. The first kappa shape index (κ1) is 15.9. The molecule has 2 aliphatic rings. The maximum Gasteiger partial charge on any atom is 0.294 e. The quantitative estimate of drug-likeness (QED) is 0.540. The summed E-state index contributed by atoms with van der Waals surface area (Å²) >= 11 is 12.5. The first-order chi connectivity index (χ1) is 10.1. The van der Waals surface area contributed by atoms with Crippen LogP contribution in [0.15, 0.2) is 12.1 Å². The Morgan fingerprint density at radius 3 is 2.59 bits per heavy atom. The molecule has 2 bridgehead atoms. The summed E-state index contributed by atoms with van der Waals surface area (Å²) in [6.07, 6.45) is 3.19. The topological polar surface area (TPSA) is 46.4 Å². The molecule has 0 N–H and O–H groups in total. The van der Waals surface area contributed by atoms with Crippen LogP contribution in [0.25, 0.3) is 0 Å². The van der Waals surface area contributed by atoms with Gasteiger partial charge in [0.05, 0.1) is 15.0 Å². The molecule has 22 heavy (non-hydrogen) atoms. The summed E-state index contributed by atoms with van der Waals surface area (Å²) in [4.78, 5) is 13.2. The lowest BCUT2D eigenvalue weighted by Gasteiger charge is -2.39. The molecule has 0 amide bonds. The highest BCUT2D eigenvalue weighted by Gasteiger charge is 2.51. The lowest BCUT2D eigenvalue weighted by atomic mass is 9.65. The van der Waals surface area contributed by atoms with Crippen molar-refractivity contribution in [3.63, 3.8) is 0 Å². The van der Waals surface area contributed by atoms with E-state index in [1.807, 2.05) is 0 Å². The number of hydrogen-bond donors (Lipinski definition) is 0. The Morgan fingerprint density at radius 1 is 1.27 bits per heavy atom. The number of rotatable bonds is 2. The number of halogens is 2. The molecule has 2 fully saturated rings. The van der Waals surface area contributed by atoms with E-state index in [1.54, 1.807) is 0 Å². The predicted molar refractivity (Wildman–Crippen MR) is 90.0 cm³/mol. The highest BCUT2D eigenvalue weighted by Crippen LogP contribution is 2.55. The van der Waals surface area contributed by atoms with Crippen molar-refractivity contribution in [3.8, 4) is 0 Å². The van der Waals surface area contributed by atoms with Gasteiger partial charge in [0.25, 0.3) is 5.69 Å². The number of hydrogen-bond acceptors (Lipinski definition) is 3. The van der Waals surface area contributed by atoms with Crippen LogP contribution in [0.2, 0.25) is 10.0 Å². The van der Waals surface area contributed by atoms with Crippen LogP contribution in [0.1, 0.15) is 40.0 Å². The second kappa shape index (κ2) is 5.00. The molecule has 1 aromatic rings. The zero-order valence-electron chi connectivity index (χ0n) is 13.0. The summed E-state index contributed by atoms with van der Waals surface area (Å²) in [7, 11) is 0. The van der Waals surface area contributed by atoms with Crippen LogP contribution in [0, 0.1) is 20.9 Å². The molecule has 1 aromatic carbocycles. The van der Waals surface area contributed by atoms with Gasteiger partial charge in [0.15, 0.2) is 0 Å². The highest BCUT2D eigenvalue weighted by atomic mass is 35.5. The lowest BCUT2D eigenvalue weighted by Crippen LogP contribution is -2.35. The smallest absolute Gasteiger partial charge is 0.294 e. The molecule has 3 rings (SSSR count). The van der Waals surface area contributed by atoms with Gasteiger partial charge in [-0.15, -0.1) is 0 Å². The second-order valence-corrected chi connectivity index (χ2v) is 8.61. The molecule has 6 heteroatoms. The van der Waals surface area contributed by atoms with E-state index in [0.29, 0.717) is 15.7 Å². The molecule has 0 radical (unpaired) electrons. The van der Waals surface area contributed by atoms with Gasteiger partial charge < -0.3 is 4.90 Å². The Hall–Kier alpha value is -1.000. The van der Waals surface area contributed by atoms with E-state index in [9.17, 15) is 10.1 Å². The van der Waals surface area contributed by atoms with E-state index < -0.39 is 0 Å². The van der Waals surface area contributed by atoms with Crippen molar-refractivity contribution in [1.82, 2.24) is 0 Å². The number of fused-ring (bicyclic) bond motifs is 2. The zero-order chi connectivity index (χ0) is 16.3. The Bertz CT molecular complexity index is 647. The monoisotopic (exact) mass is 342 g/mol. The van der Waals surface area contributed by atoms with Gasteiger partial charge >= 0.3 is 0 Å². The largest absolute Gasteiger partial charge is 0.361 e. The Balaban J connectivity index is 2.09. The Morgan fingerprint density at radius 2 is 1.95 bits per heavy atom. The van der Waals surface area contributed by atoms with Crippen LogP contribution in [-0.4, -0.2) is 17.5 Å². The van der Waals surface area contributed by atoms with Crippen LogP contribution in [-0.2, 0) is 0 Å². The van der Waals surface area contributed by atoms with Crippen LogP contribution >= 0.6 is 23.2 Å². The van der Waals surface area contributed by atoms with Gasteiger partial charge in [-0.25, -0.2) is 0 Å². The van der Waals surface area contributed by atoms with Crippen molar-refractivity contribution < 1.29 is 4.92 Å². The predicted octanol–water partition coefficient (Wildman–Crippen LogP) is 5.31. The van der Waals surface area contributed by atoms with Crippen molar-refractivity contribution in [3.05, 3.63) is 32.3 Å². The molecule has 0 unspecified atom stereocenters. The molecule has 1 aliphatic heterocycles. The number of anilines is 1. The maximum atomic E-state index is 11.4. The average Bonchev–Trinajstić information content (AvgIpc) is 2.61. The minimum atomic E-state index is -0.368. The van der Waals surface area contributed by atoms with Gasteiger partial charge in [0.2, 0.25) is 0 Å². The molecule has 1 aliphatic carbocycles. The van der Waals surface area contributed by atoms with Crippen molar-refractivity contribution >= 4 is 34.6 Å². The Labute approximate surface area is 140 Å². The first-order valence-electron chi connectivity index (χ1n) is 7.51. The van der Waals surface area contributed by atoms with Crippen molar-refractivity contribution in [2.75, 3.05) is 11.4 Å². The minimum absolute atomic E-state index is 0.0448. The molecular formula is C16H20Cl2N2O2. The third-order valence-electron chi connectivity index (χ3n) is 4.95. The molecule has 1 saturated heterocycles. The van der Waals surface area contributed by atoms with E-state index >= 15 is 0 Å². The van der Waals surface area contributed by atoms with Gasteiger partial charge in [-0.3, -0.25) is 10.1 Å². The summed E-state index contributed by atoms with van der Waals surface area (Å²) in [5, 5.41) is 12.1. The fraction of sp³-hybridized carbons (Fsp3) is 0.625. The van der Waals surface area contributed by atoms with Crippen LogP contribution in [0.3, 0.4) is 0 Å². The normalized spacial score (nSPS) is 29.7. The van der Waals surface area contributed by atoms with E-state index in [-0.39, 0.29) is 27.5 Å². The van der Waals surface area contributed by atoms with E-state index in [1.165, 1.54) is 12.1 Å². The van der Waals surface area contributed by atoms with Crippen LogP contribution in [0.4, 0.5) is 11.4 Å². The minimum Gasteiger partial charge on any atom is -0.361 e. The van der Waals surface area contributed by atoms with E-state index in [2.05, 4.69) is 25.7 Å². The van der Waals surface area contributed by atoms with Gasteiger partial charge in [0.1, 0.15) is 5.69 Å². The standard InChI is InChI=1S/C16H20Cl2N2O2/c1-15(2)6-10-7-16(3,8-15)9-19(10)14-12(20(21)22)5-4-11(17)13(14)18/h4-5,10H,6-9H2,1-3H3/t10-,16+/m0/s1. The zero-order valence-corrected chi connectivity index (χ0v) is 14.5. The molecule has 2 atom stereocenters. The second-order valence-electron chi connectivity index (χ2n) is 7.83. The summed E-state index contributed by atoms with van der Waals surface area (Å²) in [6.45, 7) is 7.61. The van der Waals surface area contributed by atoms with Crippen LogP contribution in [0.5, 0.6) is 0 Å². The summed E-state index contributed by atoms with van der Waals surface area (Å²) in [5.74, 6) is 0. The fourth-order valence-electron chi connectivity index (χ4n) is 4.67. The Kier molecular flexibility index (Phi) is 3.61. The summed E-state index contributed by atoms with van der Waals surface area (Å²) in [6, 6.07) is 3.24. The molecule has 1 heterocycles. The first-order valence-corrected chi connectivity index (χ1v) is 8.27. The van der Waals surface area contributed by atoms with Gasteiger partial charge in [-0.1, -0.05) is 44.0 Å². The van der Waals surface area contributed by atoms with Crippen LogP contribution < -0.4 is 4.90 Å². The van der Waals surface area contributed by atoms with E-state index in [4.69, 9.17) is 23.2 Å². The average molecular weight is 343 g/mol. The van der Waals surface area contributed by atoms with Crippen molar-refractivity contribution in [1.29, 1.82) is 0 Å². The third-order valence-corrected chi connectivity index (χ3v) is 5.74. The van der Waals surface area contributed by atoms with E-state index in [0.717, 1.165) is 25.8 Å². The van der Waals surface area contributed by atoms with Gasteiger partial charge in [-0.05, 0) is 36.2 Å². The molecule has 120 valence electrons. The SMILES string of the molecule is CC1(C)C[C@H]2C[C@@](C)(CN2c2c([N+](=O)[O-])ccc(Cl)c2Cl)C1. The molecule has 0 aromatic heterocycles. The summed E-state index contributed by atoms with van der Waals surface area (Å²) < 4.78 is 0. The molecular weight excluding hydrogens is 323 g/mol. The summed E-state index contributed by atoms with van der Waals surface area (Å²) in [5.41, 5.74) is 0.951. The lowest BCUT2D eigenvalue weighted by molar-refractivity contribution is -0.384. The fourth-order valence-corrected chi connectivity index (χ4v) is 5.09. The van der Waals surface area contributed by atoms with Gasteiger partial charge in [0, 0.05) is 18.7 Å². The molecule has 4 nitrogen and oxygen atoms in total. The molecule has 0 spiro atoms. The van der Waals surface area contributed by atoms with Crippen molar-refractivity contribution in [2.45, 2.75) is 46.1 Å². The number of benzene rings is 1. The molecule has 1 saturated carbocycles. The third kappa shape index (κ3) is 2.56. The highest BCUT2D eigenvalue weighted by molar-refractivity contribution is 6.44. The number of nitro benzene ring substituents is 1. The maximum absolute atomic E-state index is 11.4. The van der Waals surface area contributed by atoms with Gasteiger partial charge in [-0.2, -0.15) is 0 Å². The van der Waals surface area contributed by atoms with Crippen molar-refractivity contribution in [2.24, 2.45) is 10.8 Å².